The molecule has 0 saturated carbocycles. The molecule has 3 aromatic rings. The highest BCUT2D eigenvalue weighted by atomic mass is 35.5. The number of rotatable bonds is 7. The molecule has 3 heterocycles. The SMILES string of the molecule is COc1cc(CCc2cnc3c(n2)CC(c2ccc(N4CCN(C)CC4)cc2)N3)c(Cl)c(OC)c1. The molecule has 2 aliphatic heterocycles. The first-order valence-corrected chi connectivity index (χ1v) is 12.5. The van der Waals surface area contributed by atoms with E-state index < -0.39 is 0 Å². The number of hydrogen-bond acceptors (Lipinski definition) is 7. The van der Waals surface area contributed by atoms with Crippen molar-refractivity contribution in [2.75, 3.05) is 57.7 Å². The van der Waals surface area contributed by atoms with Crippen molar-refractivity contribution in [3.8, 4) is 11.5 Å². The van der Waals surface area contributed by atoms with E-state index in [2.05, 4.69) is 51.4 Å². The summed E-state index contributed by atoms with van der Waals surface area (Å²) in [5.74, 6) is 2.22. The van der Waals surface area contributed by atoms with Crippen LogP contribution in [0.4, 0.5) is 11.5 Å². The predicted octanol–water partition coefficient (Wildman–Crippen LogP) is 4.39. The molecule has 1 N–H and O–H groups in total. The normalized spacial score (nSPS) is 17.7. The third-order valence-corrected chi connectivity index (χ3v) is 7.39. The Hall–Kier alpha value is -3.03. The third kappa shape index (κ3) is 5.16. The summed E-state index contributed by atoms with van der Waals surface area (Å²) in [4.78, 5) is 14.4. The van der Waals surface area contributed by atoms with Crippen molar-refractivity contribution in [1.29, 1.82) is 0 Å². The Labute approximate surface area is 212 Å². The van der Waals surface area contributed by atoms with Crippen LogP contribution in [0.25, 0.3) is 0 Å². The zero-order chi connectivity index (χ0) is 24.4. The Balaban J connectivity index is 1.23. The Morgan fingerprint density at radius 3 is 2.51 bits per heavy atom. The Morgan fingerprint density at radius 2 is 1.80 bits per heavy atom. The average Bonchev–Trinajstić information content (AvgIpc) is 3.32. The number of aryl methyl sites for hydroxylation is 2. The van der Waals surface area contributed by atoms with Crippen molar-refractivity contribution in [2.45, 2.75) is 25.3 Å². The van der Waals surface area contributed by atoms with Crippen LogP contribution in [-0.2, 0) is 19.3 Å². The monoisotopic (exact) mass is 493 g/mol. The lowest BCUT2D eigenvalue weighted by Gasteiger charge is -2.34. The second kappa shape index (κ2) is 10.3. The van der Waals surface area contributed by atoms with E-state index in [0.29, 0.717) is 10.8 Å². The minimum absolute atomic E-state index is 0.193. The molecule has 8 heteroatoms. The van der Waals surface area contributed by atoms with Crippen LogP contribution in [0.2, 0.25) is 5.02 Å². The van der Waals surface area contributed by atoms with Crippen LogP contribution in [0.1, 0.15) is 28.6 Å². The third-order valence-electron chi connectivity index (χ3n) is 6.96. The molecule has 5 rings (SSSR count). The van der Waals surface area contributed by atoms with Crippen molar-refractivity contribution in [1.82, 2.24) is 14.9 Å². The first kappa shape index (κ1) is 23.7. The van der Waals surface area contributed by atoms with Crippen molar-refractivity contribution < 1.29 is 9.47 Å². The lowest BCUT2D eigenvalue weighted by atomic mass is 10.0. The van der Waals surface area contributed by atoms with Gasteiger partial charge in [-0.3, -0.25) is 4.98 Å². The van der Waals surface area contributed by atoms with E-state index in [1.54, 1.807) is 20.3 Å². The summed E-state index contributed by atoms with van der Waals surface area (Å²) in [6.07, 6.45) is 4.15. The molecule has 0 amide bonds. The first-order chi connectivity index (χ1) is 17.0. The molecular formula is C27H32ClN5O2. The standard InChI is InChI=1S/C27H32ClN5O2/c1-32-10-12-33(13-11-32)21-8-5-18(6-9-21)23-16-24-27(31-23)29-17-20(30-24)7-4-19-14-22(34-2)15-25(35-3)26(19)28/h5-6,8-9,14-15,17,23H,4,7,10-13,16H2,1-3H3,(H,29,31). The average molecular weight is 494 g/mol. The van der Waals surface area contributed by atoms with E-state index in [0.717, 1.165) is 74.0 Å². The van der Waals surface area contributed by atoms with Gasteiger partial charge in [-0.05, 0) is 49.2 Å². The summed E-state index contributed by atoms with van der Waals surface area (Å²) in [5, 5.41) is 4.16. The number of ether oxygens (including phenoxy) is 2. The number of methoxy groups -OCH3 is 2. The highest BCUT2D eigenvalue weighted by Crippen LogP contribution is 2.35. The number of fused-ring (bicyclic) bond motifs is 1. The summed E-state index contributed by atoms with van der Waals surface area (Å²) < 4.78 is 10.8. The van der Waals surface area contributed by atoms with Crippen LogP contribution < -0.4 is 19.7 Å². The van der Waals surface area contributed by atoms with Crippen LogP contribution in [0.5, 0.6) is 11.5 Å². The van der Waals surface area contributed by atoms with Gasteiger partial charge in [0.1, 0.15) is 17.3 Å². The first-order valence-electron chi connectivity index (χ1n) is 12.1. The molecule has 184 valence electrons. The van der Waals surface area contributed by atoms with Crippen LogP contribution in [0.15, 0.2) is 42.6 Å². The second-order valence-electron chi connectivity index (χ2n) is 9.24. The molecule has 1 unspecified atom stereocenters. The number of aromatic nitrogens is 2. The quantitative estimate of drug-likeness (QED) is 0.523. The number of benzene rings is 2. The van der Waals surface area contributed by atoms with Gasteiger partial charge < -0.3 is 24.6 Å². The maximum atomic E-state index is 6.52. The van der Waals surface area contributed by atoms with Gasteiger partial charge in [0.15, 0.2) is 0 Å². The molecule has 1 atom stereocenters. The smallest absolute Gasteiger partial charge is 0.148 e. The number of halogens is 1. The fraction of sp³-hybridized carbons (Fsp3) is 0.407. The number of nitrogens with one attached hydrogen (secondary N) is 1. The highest BCUT2D eigenvalue weighted by Gasteiger charge is 2.25. The van der Waals surface area contributed by atoms with Crippen molar-refractivity contribution in [3.05, 3.63) is 70.1 Å². The van der Waals surface area contributed by atoms with Gasteiger partial charge in [0.05, 0.1) is 42.9 Å². The fourth-order valence-corrected chi connectivity index (χ4v) is 5.06. The number of anilines is 2. The zero-order valence-corrected chi connectivity index (χ0v) is 21.3. The van der Waals surface area contributed by atoms with Gasteiger partial charge in [0.2, 0.25) is 0 Å². The molecule has 0 spiro atoms. The largest absolute Gasteiger partial charge is 0.497 e. The number of likely N-dealkylation sites (N-methyl/N-ethyl adjacent to an activating group) is 1. The van der Waals surface area contributed by atoms with Crippen molar-refractivity contribution >= 4 is 23.1 Å². The van der Waals surface area contributed by atoms with E-state index in [-0.39, 0.29) is 6.04 Å². The minimum atomic E-state index is 0.193. The van der Waals surface area contributed by atoms with Crippen molar-refractivity contribution in [3.63, 3.8) is 0 Å². The van der Waals surface area contributed by atoms with Crippen LogP contribution in [0.3, 0.4) is 0 Å². The number of hydrogen-bond donors (Lipinski definition) is 1. The molecule has 2 aromatic carbocycles. The molecule has 0 bridgehead atoms. The summed E-state index contributed by atoms with van der Waals surface area (Å²) in [6, 6.07) is 12.9. The number of piperazine rings is 1. The van der Waals surface area contributed by atoms with Gasteiger partial charge in [0.25, 0.3) is 0 Å². The van der Waals surface area contributed by atoms with Gasteiger partial charge in [-0.15, -0.1) is 0 Å². The van der Waals surface area contributed by atoms with E-state index in [1.165, 1.54) is 11.3 Å². The Morgan fingerprint density at radius 1 is 1.03 bits per heavy atom. The summed E-state index contributed by atoms with van der Waals surface area (Å²) in [6.45, 7) is 4.37. The molecule has 0 aliphatic carbocycles. The van der Waals surface area contributed by atoms with Gasteiger partial charge in [-0.25, -0.2) is 4.98 Å². The topological polar surface area (TPSA) is 62.8 Å². The molecule has 1 fully saturated rings. The minimum Gasteiger partial charge on any atom is -0.497 e. The maximum absolute atomic E-state index is 6.52. The van der Waals surface area contributed by atoms with E-state index in [4.69, 9.17) is 26.1 Å². The lowest BCUT2D eigenvalue weighted by molar-refractivity contribution is 0.313. The van der Waals surface area contributed by atoms with Crippen LogP contribution in [-0.4, -0.2) is 62.3 Å². The van der Waals surface area contributed by atoms with Crippen LogP contribution in [0, 0.1) is 0 Å². The Bertz CT molecular complexity index is 1180. The molecule has 0 radical (unpaired) electrons. The summed E-state index contributed by atoms with van der Waals surface area (Å²) >= 11 is 6.52. The van der Waals surface area contributed by atoms with E-state index in [9.17, 15) is 0 Å². The number of nitrogens with zero attached hydrogens (tertiary/aromatic N) is 4. The second-order valence-corrected chi connectivity index (χ2v) is 9.62. The zero-order valence-electron chi connectivity index (χ0n) is 20.6. The summed E-state index contributed by atoms with van der Waals surface area (Å²) in [5.41, 5.74) is 5.50. The van der Waals surface area contributed by atoms with E-state index in [1.807, 2.05) is 12.3 Å². The molecule has 35 heavy (non-hydrogen) atoms. The molecule has 1 aromatic heterocycles. The van der Waals surface area contributed by atoms with Gasteiger partial charge >= 0.3 is 0 Å². The van der Waals surface area contributed by atoms with Gasteiger partial charge in [-0.2, -0.15) is 0 Å². The van der Waals surface area contributed by atoms with E-state index >= 15 is 0 Å². The molecule has 1 saturated heterocycles. The predicted molar refractivity (Wildman–Crippen MR) is 140 cm³/mol. The molecular weight excluding hydrogens is 462 g/mol. The van der Waals surface area contributed by atoms with Gasteiger partial charge in [0, 0.05) is 44.4 Å². The highest BCUT2D eigenvalue weighted by molar-refractivity contribution is 6.32. The lowest BCUT2D eigenvalue weighted by Crippen LogP contribution is -2.44. The van der Waals surface area contributed by atoms with Crippen LogP contribution >= 0.6 is 11.6 Å². The van der Waals surface area contributed by atoms with Gasteiger partial charge in [-0.1, -0.05) is 23.7 Å². The molecule has 7 nitrogen and oxygen atoms in total. The molecule has 2 aliphatic rings. The fourth-order valence-electron chi connectivity index (χ4n) is 4.78. The van der Waals surface area contributed by atoms with Crippen molar-refractivity contribution in [2.24, 2.45) is 0 Å². The Kier molecular flexibility index (Phi) is 6.97. The maximum Gasteiger partial charge on any atom is 0.148 e. The summed E-state index contributed by atoms with van der Waals surface area (Å²) in [7, 11) is 5.43.